The van der Waals surface area contributed by atoms with Crippen LogP contribution in [-0.4, -0.2) is 21.2 Å². The number of nitrogens with zero attached hydrogens (tertiary/aromatic N) is 1. The van der Waals surface area contributed by atoms with Crippen molar-refractivity contribution in [3.8, 4) is 11.6 Å². The summed E-state index contributed by atoms with van der Waals surface area (Å²) in [5, 5.41) is 11.6. The molecular weight excluding hydrogens is 265 g/mol. The first kappa shape index (κ1) is 12.9. The molecule has 0 unspecified atom stereocenters. The van der Waals surface area contributed by atoms with E-state index in [0.29, 0.717) is 4.68 Å². The van der Waals surface area contributed by atoms with Crippen molar-refractivity contribution in [1.29, 1.82) is 0 Å². The Bertz CT molecular complexity index is 685. The van der Waals surface area contributed by atoms with Crippen LogP contribution in [0.5, 0.6) is 5.88 Å². The van der Waals surface area contributed by atoms with Gasteiger partial charge < -0.3 is 5.11 Å². The molecule has 0 atom stereocenters. The molecule has 0 fully saturated rings. The molecule has 0 aliphatic carbocycles. The van der Waals surface area contributed by atoms with Crippen molar-refractivity contribution in [2.45, 2.75) is 6.18 Å². The van der Waals surface area contributed by atoms with Crippen LogP contribution in [-0.2, 0) is 6.18 Å². The highest BCUT2D eigenvalue weighted by Gasteiger charge is 2.34. The molecule has 0 aliphatic heterocycles. The predicted octanol–water partition coefficient (Wildman–Crippen LogP) is 1.70. The van der Waals surface area contributed by atoms with E-state index in [1.807, 2.05) is 5.10 Å². The summed E-state index contributed by atoms with van der Waals surface area (Å²) in [5.41, 5.74) is -3.12. The van der Waals surface area contributed by atoms with Gasteiger partial charge in [0.15, 0.2) is 6.29 Å². The van der Waals surface area contributed by atoms with Gasteiger partial charge in [-0.15, -0.1) is 0 Å². The molecular formula is C11H7F3N2O3. The quantitative estimate of drug-likeness (QED) is 0.817. The molecule has 1 aromatic carbocycles. The number of rotatable bonds is 2. The number of aromatic nitrogens is 2. The average molecular weight is 272 g/mol. The summed E-state index contributed by atoms with van der Waals surface area (Å²) >= 11 is 0. The first-order valence-corrected chi connectivity index (χ1v) is 5.02. The number of para-hydroxylation sites is 1. The number of carbonyl (C=O) groups excluding carboxylic acids is 1. The van der Waals surface area contributed by atoms with E-state index >= 15 is 0 Å². The number of aromatic hydroxyl groups is 1. The molecule has 2 N–H and O–H groups in total. The van der Waals surface area contributed by atoms with Crippen LogP contribution in [0.3, 0.4) is 0 Å². The molecule has 0 aliphatic rings. The van der Waals surface area contributed by atoms with Crippen molar-refractivity contribution >= 4 is 6.29 Å². The maximum atomic E-state index is 12.8. The average Bonchev–Trinajstić information content (AvgIpc) is 2.63. The lowest BCUT2D eigenvalue weighted by Gasteiger charge is -2.13. The summed E-state index contributed by atoms with van der Waals surface area (Å²) in [6.45, 7) is 0. The van der Waals surface area contributed by atoms with Crippen LogP contribution in [0.15, 0.2) is 29.1 Å². The Morgan fingerprint density at radius 1 is 1.26 bits per heavy atom. The van der Waals surface area contributed by atoms with Gasteiger partial charge in [0.2, 0.25) is 5.88 Å². The number of carbonyl (C=O) groups is 1. The van der Waals surface area contributed by atoms with E-state index in [2.05, 4.69) is 0 Å². The van der Waals surface area contributed by atoms with Crippen LogP contribution in [0, 0.1) is 0 Å². The minimum atomic E-state index is -4.66. The van der Waals surface area contributed by atoms with Gasteiger partial charge in [-0.1, -0.05) is 12.1 Å². The highest BCUT2D eigenvalue weighted by atomic mass is 19.4. The van der Waals surface area contributed by atoms with Crippen LogP contribution >= 0.6 is 0 Å². The number of nitrogens with one attached hydrogen (secondary N) is 1. The zero-order valence-corrected chi connectivity index (χ0v) is 9.23. The molecule has 1 aromatic heterocycles. The van der Waals surface area contributed by atoms with Gasteiger partial charge in [0.05, 0.1) is 11.3 Å². The summed E-state index contributed by atoms with van der Waals surface area (Å²) in [7, 11) is 0. The summed E-state index contributed by atoms with van der Waals surface area (Å²) < 4.78 is 38.9. The Morgan fingerprint density at radius 3 is 2.42 bits per heavy atom. The lowest BCUT2D eigenvalue weighted by Crippen LogP contribution is -2.12. The third kappa shape index (κ3) is 2.12. The molecule has 100 valence electrons. The molecule has 2 aromatic rings. The second-order valence-electron chi connectivity index (χ2n) is 3.65. The van der Waals surface area contributed by atoms with Crippen molar-refractivity contribution in [3.05, 3.63) is 45.7 Å². The van der Waals surface area contributed by atoms with E-state index in [9.17, 15) is 27.9 Å². The summed E-state index contributed by atoms with van der Waals surface area (Å²) in [4.78, 5) is 21.8. The first-order chi connectivity index (χ1) is 8.86. The highest BCUT2D eigenvalue weighted by molar-refractivity contribution is 5.78. The molecule has 5 nitrogen and oxygen atoms in total. The number of halogens is 3. The summed E-state index contributed by atoms with van der Waals surface area (Å²) in [6, 6.07) is 4.34. The lowest BCUT2D eigenvalue weighted by molar-refractivity contribution is -0.137. The Labute approximate surface area is 103 Å². The number of alkyl halides is 3. The van der Waals surface area contributed by atoms with Crippen LogP contribution in [0.1, 0.15) is 15.9 Å². The largest absolute Gasteiger partial charge is 0.493 e. The second-order valence-corrected chi connectivity index (χ2v) is 3.65. The van der Waals surface area contributed by atoms with Crippen molar-refractivity contribution in [2.24, 2.45) is 0 Å². The smallest absolute Gasteiger partial charge is 0.418 e. The van der Waals surface area contributed by atoms with Gasteiger partial charge in [0.25, 0.3) is 5.56 Å². The topological polar surface area (TPSA) is 75.1 Å². The minimum absolute atomic E-state index is 0.0703. The van der Waals surface area contributed by atoms with Crippen LogP contribution in [0.4, 0.5) is 13.2 Å². The van der Waals surface area contributed by atoms with Crippen molar-refractivity contribution < 1.29 is 23.1 Å². The Kier molecular flexibility index (Phi) is 2.93. The number of aldehydes is 1. The highest BCUT2D eigenvalue weighted by Crippen LogP contribution is 2.34. The van der Waals surface area contributed by atoms with Crippen LogP contribution in [0.2, 0.25) is 0 Å². The van der Waals surface area contributed by atoms with E-state index in [1.165, 1.54) is 12.1 Å². The zero-order chi connectivity index (χ0) is 14.2. The number of hydrogen-bond acceptors (Lipinski definition) is 3. The fourth-order valence-electron chi connectivity index (χ4n) is 1.63. The van der Waals surface area contributed by atoms with E-state index < -0.39 is 34.4 Å². The molecule has 0 saturated carbocycles. The first-order valence-electron chi connectivity index (χ1n) is 5.02. The van der Waals surface area contributed by atoms with Crippen molar-refractivity contribution in [1.82, 2.24) is 9.78 Å². The monoisotopic (exact) mass is 272 g/mol. The SMILES string of the molecule is O=Cc1c(O)n(-c2ccccc2C(F)(F)F)[nH]c1=O. The van der Waals surface area contributed by atoms with Gasteiger partial charge in [0.1, 0.15) is 5.56 Å². The van der Waals surface area contributed by atoms with Crippen LogP contribution < -0.4 is 5.56 Å². The van der Waals surface area contributed by atoms with Crippen molar-refractivity contribution in [3.63, 3.8) is 0 Å². The predicted molar refractivity (Wildman–Crippen MR) is 58.4 cm³/mol. The van der Waals surface area contributed by atoms with Gasteiger partial charge in [-0.3, -0.25) is 14.7 Å². The molecule has 0 spiro atoms. The minimum Gasteiger partial charge on any atom is -0.493 e. The number of aromatic amines is 1. The Balaban J connectivity index is 2.74. The zero-order valence-electron chi connectivity index (χ0n) is 9.23. The number of hydrogen-bond donors (Lipinski definition) is 2. The van der Waals surface area contributed by atoms with E-state index in [4.69, 9.17) is 0 Å². The Morgan fingerprint density at radius 2 is 1.89 bits per heavy atom. The van der Waals surface area contributed by atoms with Crippen molar-refractivity contribution in [2.75, 3.05) is 0 Å². The van der Waals surface area contributed by atoms with Crippen LogP contribution in [0.25, 0.3) is 5.69 Å². The molecule has 0 radical (unpaired) electrons. The molecule has 0 amide bonds. The molecule has 8 heteroatoms. The van der Waals surface area contributed by atoms with E-state index in [1.54, 1.807) is 0 Å². The normalized spacial score (nSPS) is 11.5. The Hall–Kier alpha value is -2.51. The third-order valence-electron chi connectivity index (χ3n) is 2.48. The number of H-pyrrole nitrogens is 1. The maximum Gasteiger partial charge on any atom is 0.418 e. The fourth-order valence-corrected chi connectivity index (χ4v) is 1.63. The summed E-state index contributed by atoms with van der Waals surface area (Å²) in [5.74, 6) is -0.864. The van der Waals surface area contributed by atoms with Gasteiger partial charge in [-0.05, 0) is 12.1 Å². The maximum absolute atomic E-state index is 12.8. The van der Waals surface area contributed by atoms with Gasteiger partial charge in [-0.25, -0.2) is 4.68 Å². The van der Waals surface area contributed by atoms with E-state index in [0.717, 1.165) is 12.1 Å². The molecule has 19 heavy (non-hydrogen) atoms. The lowest BCUT2D eigenvalue weighted by atomic mass is 10.1. The molecule has 0 saturated heterocycles. The summed E-state index contributed by atoms with van der Waals surface area (Å²) in [6.07, 6.45) is -4.59. The standard InChI is InChI=1S/C11H7F3N2O3/c12-11(13,14)7-3-1-2-4-8(7)16-10(19)6(5-17)9(18)15-16/h1-5,19H,(H,15,18). The second kappa shape index (κ2) is 4.30. The van der Waals surface area contributed by atoms with Gasteiger partial charge in [-0.2, -0.15) is 13.2 Å². The third-order valence-corrected chi connectivity index (χ3v) is 2.48. The molecule has 1 heterocycles. The number of benzene rings is 1. The van der Waals surface area contributed by atoms with E-state index in [-0.39, 0.29) is 6.29 Å². The van der Waals surface area contributed by atoms with Gasteiger partial charge in [0, 0.05) is 0 Å². The van der Waals surface area contributed by atoms with Gasteiger partial charge >= 0.3 is 6.18 Å². The molecule has 0 bridgehead atoms. The fraction of sp³-hybridized carbons (Fsp3) is 0.0909. The molecule has 2 rings (SSSR count).